The van der Waals surface area contributed by atoms with Gasteiger partial charge in [-0.25, -0.2) is 4.79 Å². The SMILES string of the molecule is CCCCC[C@@H]1Cc2cc(O)ccc2N[C@@H]1C(=O)OCC. The molecule has 1 aromatic rings. The Balaban J connectivity index is 2.15. The van der Waals surface area contributed by atoms with Crippen molar-refractivity contribution in [2.24, 2.45) is 5.92 Å². The predicted octanol–water partition coefficient (Wildman–Crippen LogP) is 3.49. The van der Waals surface area contributed by atoms with Gasteiger partial charge in [0.25, 0.3) is 0 Å². The number of carbonyl (C=O) groups excluding carboxylic acids is 1. The molecule has 0 amide bonds. The van der Waals surface area contributed by atoms with E-state index in [-0.39, 0.29) is 23.7 Å². The molecule has 0 saturated carbocycles. The van der Waals surface area contributed by atoms with Crippen LogP contribution in [0.4, 0.5) is 5.69 Å². The highest BCUT2D eigenvalue weighted by Gasteiger charge is 2.33. The van der Waals surface area contributed by atoms with E-state index in [1.165, 1.54) is 12.8 Å². The molecule has 2 atom stereocenters. The van der Waals surface area contributed by atoms with Crippen molar-refractivity contribution in [3.8, 4) is 5.75 Å². The van der Waals surface area contributed by atoms with Crippen LogP contribution < -0.4 is 5.32 Å². The first kappa shape index (κ1) is 15.7. The van der Waals surface area contributed by atoms with Crippen molar-refractivity contribution in [1.82, 2.24) is 0 Å². The molecule has 0 aliphatic carbocycles. The number of carbonyl (C=O) groups is 1. The number of unbranched alkanes of at least 4 members (excludes halogenated alkanes) is 2. The highest BCUT2D eigenvalue weighted by Crippen LogP contribution is 2.33. The summed E-state index contributed by atoms with van der Waals surface area (Å²) in [7, 11) is 0. The van der Waals surface area contributed by atoms with Crippen LogP contribution in [0, 0.1) is 5.92 Å². The van der Waals surface area contributed by atoms with Gasteiger partial charge < -0.3 is 15.2 Å². The second-order valence-electron chi connectivity index (χ2n) is 5.68. The van der Waals surface area contributed by atoms with Crippen molar-refractivity contribution in [1.29, 1.82) is 0 Å². The van der Waals surface area contributed by atoms with Crippen molar-refractivity contribution >= 4 is 11.7 Å². The van der Waals surface area contributed by atoms with E-state index in [0.717, 1.165) is 30.5 Å². The van der Waals surface area contributed by atoms with E-state index < -0.39 is 0 Å². The van der Waals surface area contributed by atoms with Crippen LogP contribution in [0.5, 0.6) is 5.75 Å². The number of anilines is 1. The van der Waals surface area contributed by atoms with Crippen LogP contribution >= 0.6 is 0 Å². The summed E-state index contributed by atoms with van der Waals surface area (Å²) in [4.78, 5) is 12.2. The lowest BCUT2D eigenvalue weighted by atomic mass is 9.83. The molecule has 0 unspecified atom stereocenters. The Morgan fingerprint density at radius 2 is 2.19 bits per heavy atom. The Morgan fingerprint density at radius 1 is 1.38 bits per heavy atom. The third-order valence-corrected chi connectivity index (χ3v) is 4.07. The van der Waals surface area contributed by atoms with Gasteiger partial charge in [0.2, 0.25) is 0 Å². The number of rotatable bonds is 6. The fourth-order valence-corrected chi connectivity index (χ4v) is 2.98. The zero-order valence-corrected chi connectivity index (χ0v) is 12.9. The summed E-state index contributed by atoms with van der Waals surface area (Å²) < 4.78 is 5.21. The highest BCUT2D eigenvalue weighted by atomic mass is 16.5. The molecule has 0 saturated heterocycles. The third-order valence-electron chi connectivity index (χ3n) is 4.07. The molecule has 4 heteroatoms. The third kappa shape index (κ3) is 3.90. The first-order valence-electron chi connectivity index (χ1n) is 7.90. The van der Waals surface area contributed by atoms with Gasteiger partial charge in [-0.05, 0) is 49.4 Å². The van der Waals surface area contributed by atoms with Crippen molar-refractivity contribution in [3.63, 3.8) is 0 Å². The first-order chi connectivity index (χ1) is 10.2. The number of ether oxygens (including phenoxy) is 1. The van der Waals surface area contributed by atoms with Gasteiger partial charge in [0.15, 0.2) is 0 Å². The van der Waals surface area contributed by atoms with Crippen LogP contribution in [0.2, 0.25) is 0 Å². The van der Waals surface area contributed by atoms with Crippen molar-refractivity contribution in [2.75, 3.05) is 11.9 Å². The molecular formula is C17H25NO3. The maximum atomic E-state index is 12.2. The van der Waals surface area contributed by atoms with Crippen LogP contribution in [0.15, 0.2) is 18.2 Å². The lowest BCUT2D eigenvalue weighted by Crippen LogP contribution is -2.42. The minimum Gasteiger partial charge on any atom is -0.508 e. The van der Waals surface area contributed by atoms with Crippen molar-refractivity contribution in [2.45, 2.75) is 52.0 Å². The molecule has 2 N–H and O–H groups in total. The lowest BCUT2D eigenvalue weighted by molar-refractivity contribution is -0.145. The Labute approximate surface area is 126 Å². The molecule has 0 aromatic heterocycles. The van der Waals surface area contributed by atoms with Crippen molar-refractivity contribution < 1.29 is 14.6 Å². The number of hydrogen-bond donors (Lipinski definition) is 2. The summed E-state index contributed by atoms with van der Waals surface area (Å²) in [6.45, 7) is 4.41. The average Bonchev–Trinajstić information content (AvgIpc) is 2.47. The number of phenols is 1. The second kappa shape index (κ2) is 7.34. The minimum atomic E-state index is -0.279. The zero-order chi connectivity index (χ0) is 15.2. The molecular weight excluding hydrogens is 266 g/mol. The summed E-state index contributed by atoms with van der Waals surface area (Å²) in [5, 5.41) is 12.9. The molecule has 2 rings (SSSR count). The maximum absolute atomic E-state index is 12.2. The van der Waals surface area contributed by atoms with Crippen molar-refractivity contribution in [3.05, 3.63) is 23.8 Å². The number of esters is 1. The Kier molecular flexibility index (Phi) is 5.48. The van der Waals surface area contributed by atoms with E-state index in [2.05, 4.69) is 12.2 Å². The zero-order valence-electron chi connectivity index (χ0n) is 12.9. The monoisotopic (exact) mass is 291 g/mol. The summed E-state index contributed by atoms with van der Waals surface area (Å²) in [6, 6.07) is 4.99. The van der Waals surface area contributed by atoms with Gasteiger partial charge in [-0.3, -0.25) is 0 Å². The van der Waals surface area contributed by atoms with Crippen LogP contribution in [0.1, 0.15) is 45.1 Å². The molecule has 0 spiro atoms. The van der Waals surface area contributed by atoms with Crippen LogP contribution in [0.25, 0.3) is 0 Å². The number of nitrogens with one attached hydrogen (secondary N) is 1. The number of aromatic hydroxyl groups is 1. The van der Waals surface area contributed by atoms with E-state index in [0.29, 0.717) is 6.61 Å². The van der Waals surface area contributed by atoms with E-state index in [1.54, 1.807) is 12.1 Å². The fourth-order valence-electron chi connectivity index (χ4n) is 2.98. The Morgan fingerprint density at radius 3 is 2.90 bits per heavy atom. The first-order valence-corrected chi connectivity index (χ1v) is 7.90. The van der Waals surface area contributed by atoms with Gasteiger partial charge in [-0.15, -0.1) is 0 Å². The topological polar surface area (TPSA) is 58.6 Å². The molecule has 0 fully saturated rings. The Hall–Kier alpha value is -1.71. The van der Waals surface area contributed by atoms with Crippen LogP contribution in [-0.2, 0) is 16.0 Å². The Bertz CT molecular complexity index is 487. The summed E-state index contributed by atoms with van der Waals surface area (Å²) >= 11 is 0. The quantitative estimate of drug-likeness (QED) is 0.478. The molecule has 0 radical (unpaired) electrons. The summed E-state index contributed by atoms with van der Waals surface area (Å²) in [6.07, 6.45) is 5.27. The van der Waals surface area contributed by atoms with Gasteiger partial charge in [0.1, 0.15) is 11.8 Å². The minimum absolute atomic E-state index is 0.169. The van der Waals surface area contributed by atoms with E-state index >= 15 is 0 Å². The number of hydrogen-bond acceptors (Lipinski definition) is 4. The van der Waals surface area contributed by atoms with Crippen LogP contribution in [0.3, 0.4) is 0 Å². The molecule has 1 heterocycles. The largest absolute Gasteiger partial charge is 0.508 e. The molecule has 116 valence electrons. The average molecular weight is 291 g/mol. The molecule has 4 nitrogen and oxygen atoms in total. The van der Waals surface area contributed by atoms with Gasteiger partial charge in [-0.2, -0.15) is 0 Å². The lowest BCUT2D eigenvalue weighted by Gasteiger charge is -2.33. The second-order valence-corrected chi connectivity index (χ2v) is 5.68. The summed E-state index contributed by atoms with van der Waals surface area (Å²) in [5.41, 5.74) is 2.01. The standard InChI is InChI=1S/C17H25NO3/c1-3-5-6-7-12-10-13-11-14(19)8-9-15(13)18-16(12)17(20)21-4-2/h8-9,11-12,16,18-19H,3-7,10H2,1-2H3/t12-,16+/m1/s1. The molecule has 1 aliphatic heterocycles. The molecule has 1 aromatic carbocycles. The van der Waals surface area contributed by atoms with Gasteiger partial charge in [-0.1, -0.05) is 26.2 Å². The smallest absolute Gasteiger partial charge is 0.328 e. The number of benzene rings is 1. The van der Waals surface area contributed by atoms with E-state index in [4.69, 9.17) is 4.74 Å². The van der Waals surface area contributed by atoms with Gasteiger partial charge in [0, 0.05) is 5.69 Å². The molecule has 1 aliphatic rings. The van der Waals surface area contributed by atoms with Gasteiger partial charge in [0.05, 0.1) is 6.61 Å². The summed E-state index contributed by atoms with van der Waals surface area (Å²) in [5.74, 6) is 0.333. The number of fused-ring (bicyclic) bond motifs is 1. The molecule has 0 bridgehead atoms. The predicted molar refractivity (Wildman–Crippen MR) is 83.5 cm³/mol. The van der Waals surface area contributed by atoms with Gasteiger partial charge >= 0.3 is 5.97 Å². The highest BCUT2D eigenvalue weighted by molar-refractivity contribution is 5.81. The maximum Gasteiger partial charge on any atom is 0.328 e. The number of phenolic OH excluding ortho intramolecular Hbond substituents is 1. The van der Waals surface area contributed by atoms with Crippen LogP contribution in [-0.4, -0.2) is 23.7 Å². The van der Waals surface area contributed by atoms with E-state index in [9.17, 15) is 9.90 Å². The normalized spacial score (nSPS) is 20.5. The van der Waals surface area contributed by atoms with E-state index in [1.807, 2.05) is 13.0 Å². The fraction of sp³-hybridized carbons (Fsp3) is 0.588. The molecule has 21 heavy (non-hydrogen) atoms.